The second kappa shape index (κ2) is 5.07. The molecule has 4 nitrogen and oxygen atoms in total. The maximum absolute atomic E-state index is 14.4. The van der Waals surface area contributed by atoms with Crippen LogP contribution in [0.5, 0.6) is 0 Å². The molecule has 104 valence electrons. The average molecular weight is 274 g/mol. The Labute approximate surface area is 116 Å². The van der Waals surface area contributed by atoms with E-state index in [0.717, 1.165) is 5.56 Å². The van der Waals surface area contributed by atoms with Crippen LogP contribution in [0.15, 0.2) is 30.3 Å². The van der Waals surface area contributed by atoms with Crippen LogP contribution in [0.25, 0.3) is 11.3 Å². The summed E-state index contributed by atoms with van der Waals surface area (Å²) in [5.41, 5.74) is 1.10. The summed E-state index contributed by atoms with van der Waals surface area (Å²) in [6.07, 6.45) is 1.01. The second-order valence-corrected chi connectivity index (χ2v) is 4.90. The molecule has 5 heteroatoms. The molecule has 1 aliphatic heterocycles. The molecule has 0 spiro atoms. The van der Waals surface area contributed by atoms with Crippen molar-refractivity contribution in [1.29, 1.82) is 0 Å². The number of halogens is 1. The van der Waals surface area contributed by atoms with Crippen molar-refractivity contribution in [1.82, 2.24) is 9.55 Å². The van der Waals surface area contributed by atoms with Gasteiger partial charge in [-0.25, -0.2) is 4.98 Å². The van der Waals surface area contributed by atoms with Crippen LogP contribution in [0, 0.1) is 11.9 Å². The van der Waals surface area contributed by atoms with E-state index in [9.17, 15) is 9.18 Å². The number of ether oxygens (including phenoxy) is 1. The molecule has 0 N–H and O–H groups in total. The van der Waals surface area contributed by atoms with Gasteiger partial charge < -0.3 is 9.30 Å². The van der Waals surface area contributed by atoms with Crippen molar-refractivity contribution in [2.45, 2.75) is 19.4 Å². The van der Waals surface area contributed by atoms with Crippen LogP contribution in [0.1, 0.15) is 12.2 Å². The molecule has 0 bridgehead atoms. The van der Waals surface area contributed by atoms with E-state index < -0.39 is 0 Å². The molecule has 2 heterocycles. The van der Waals surface area contributed by atoms with Gasteiger partial charge in [0.1, 0.15) is 11.5 Å². The van der Waals surface area contributed by atoms with E-state index in [1.54, 1.807) is 4.57 Å². The molecular weight excluding hydrogens is 259 g/mol. The lowest BCUT2D eigenvalue weighted by atomic mass is 9.98. The van der Waals surface area contributed by atoms with Gasteiger partial charge in [-0.15, -0.1) is 0 Å². The molecule has 2 aromatic rings. The number of hydrogen-bond donors (Lipinski definition) is 0. The molecule has 3 rings (SSSR count). The molecule has 1 atom stereocenters. The van der Waals surface area contributed by atoms with Crippen molar-refractivity contribution in [3.8, 4) is 11.3 Å². The highest BCUT2D eigenvalue weighted by Crippen LogP contribution is 2.28. The molecule has 1 aromatic carbocycles. The smallest absolute Gasteiger partial charge is 0.309 e. The number of nitrogens with zero attached hydrogens (tertiary/aromatic N) is 2. The average Bonchev–Trinajstić information content (AvgIpc) is 2.84. The maximum atomic E-state index is 14.4. The van der Waals surface area contributed by atoms with E-state index in [4.69, 9.17) is 4.74 Å². The number of methoxy groups -OCH3 is 1. The predicted octanol–water partition coefficient (Wildman–Crippen LogP) is 2.42. The summed E-state index contributed by atoms with van der Waals surface area (Å²) in [4.78, 5) is 16.0. The molecular formula is C15H15FN2O2. The van der Waals surface area contributed by atoms with E-state index in [2.05, 4.69) is 4.98 Å². The van der Waals surface area contributed by atoms with Crippen LogP contribution >= 0.6 is 0 Å². The molecule has 1 unspecified atom stereocenters. The van der Waals surface area contributed by atoms with Gasteiger partial charge in [-0.05, 0) is 6.42 Å². The summed E-state index contributed by atoms with van der Waals surface area (Å²) >= 11 is 0. The van der Waals surface area contributed by atoms with Crippen molar-refractivity contribution < 1.29 is 13.9 Å². The first-order chi connectivity index (χ1) is 9.70. The number of fused-ring (bicyclic) bond motifs is 1. The molecule has 1 aromatic heterocycles. The van der Waals surface area contributed by atoms with E-state index in [1.807, 2.05) is 30.3 Å². The number of benzene rings is 1. The summed E-state index contributed by atoms with van der Waals surface area (Å²) in [6, 6.07) is 9.24. The number of esters is 1. The Morgan fingerprint density at radius 3 is 2.85 bits per heavy atom. The summed E-state index contributed by atoms with van der Waals surface area (Å²) in [5.74, 6) is -0.184. The minimum atomic E-state index is -0.325. The van der Waals surface area contributed by atoms with E-state index in [0.29, 0.717) is 30.9 Å². The largest absolute Gasteiger partial charge is 0.469 e. The van der Waals surface area contributed by atoms with E-state index in [1.165, 1.54) is 7.11 Å². The van der Waals surface area contributed by atoms with Crippen molar-refractivity contribution in [3.05, 3.63) is 42.1 Å². The minimum absolute atomic E-state index is 0.224. The summed E-state index contributed by atoms with van der Waals surface area (Å²) < 4.78 is 20.7. The predicted molar refractivity (Wildman–Crippen MR) is 71.4 cm³/mol. The van der Waals surface area contributed by atoms with Gasteiger partial charge in [-0.1, -0.05) is 30.3 Å². The summed E-state index contributed by atoms with van der Waals surface area (Å²) in [7, 11) is 1.37. The second-order valence-electron chi connectivity index (χ2n) is 4.90. The number of aromatic nitrogens is 2. The fourth-order valence-corrected chi connectivity index (χ4v) is 2.61. The van der Waals surface area contributed by atoms with Crippen molar-refractivity contribution in [2.24, 2.45) is 5.92 Å². The topological polar surface area (TPSA) is 44.1 Å². The minimum Gasteiger partial charge on any atom is -0.469 e. The Morgan fingerprint density at radius 2 is 2.15 bits per heavy atom. The third kappa shape index (κ3) is 2.09. The SMILES string of the molecule is COC(=O)C1CCn2c(nc(-c3ccccc3)c2F)C1. The first-order valence-corrected chi connectivity index (χ1v) is 6.59. The summed E-state index contributed by atoms with van der Waals surface area (Å²) in [6.45, 7) is 0.459. The lowest BCUT2D eigenvalue weighted by Gasteiger charge is -2.21. The first kappa shape index (κ1) is 12.8. The van der Waals surface area contributed by atoms with E-state index in [-0.39, 0.29) is 17.8 Å². The number of carbonyl (C=O) groups excluding carboxylic acids is 1. The third-order valence-corrected chi connectivity index (χ3v) is 3.70. The Bertz CT molecular complexity index is 637. The van der Waals surface area contributed by atoms with Crippen LogP contribution < -0.4 is 0 Å². The zero-order valence-corrected chi connectivity index (χ0v) is 11.2. The highest BCUT2D eigenvalue weighted by molar-refractivity contribution is 5.72. The van der Waals surface area contributed by atoms with Crippen LogP contribution in [-0.2, 0) is 22.5 Å². The number of carbonyl (C=O) groups is 1. The Kier molecular flexibility index (Phi) is 3.26. The Balaban J connectivity index is 1.95. The lowest BCUT2D eigenvalue weighted by Crippen LogP contribution is -2.27. The number of imidazole rings is 1. The van der Waals surface area contributed by atoms with Gasteiger partial charge in [0.05, 0.1) is 13.0 Å². The van der Waals surface area contributed by atoms with Crippen molar-refractivity contribution in [3.63, 3.8) is 0 Å². The molecule has 0 radical (unpaired) electrons. The van der Waals surface area contributed by atoms with Gasteiger partial charge >= 0.3 is 5.97 Å². The zero-order chi connectivity index (χ0) is 14.1. The molecule has 1 aliphatic rings. The van der Waals surface area contributed by atoms with Gasteiger partial charge in [-0.2, -0.15) is 4.39 Å². The van der Waals surface area contributed by atoms with Crippen LogP contribution in [0.2, 0.25) is 0 Å². The maximum Gasteiger partial charge on any atom is 0.309 e. The molecule has 0 aliphatic carbocycles. The molecule has 0 fully saturated rings. The zero-order valence-electron chi connectivity index (χ0n) is 11.2. The number of rotatable bonds is 2. The Hall–Kier alpha value is -2.17. The monoisotopic (exact) mass is 274 g/mol. The molecule has 20 heavy (non-hydrogen) atoms. The quantitative estimate of drug-likeness (QED) is 0.790. The van der Waals surface area contributed by atoms with Gasteiger partial charge in [0.15, 0.2) is 0 Å². The van der Waals surface area contributed by atoms with E-state index >= 15 is 0 Å². The van der Waals surface area contributed by atoms with Gasteiger partial charge in [0.2, 0.25) is 5.95 Å². The van der Waals surface area contributed by atoms with Crippen LogP contribution in [-0.4, -0.2) is 22.6 Å². The first-order valence-electron chi connectivity index (χ1n) is 6.59. The highest BCUT2D eigenvalue weighted by Gasteiger charge is 2.29. The summed E-state index contributed by atoms with van der Waals surface area (Å²) in [5, 5.41) is 0. The molecule has 0 saturated carbocycles. The van der Waals surface area contributed by atoms with Crippen LogP contribution in [0.4, 0.5) is 4.39 Å². The fourth-order valence-electron chi connectivity index (χ4n) is 2.61. The fraction of sp³-hybridized carbons (Fsp3) is 0.333. The van der Waals surface area contributed by atoms with Gasteiger partial charge in [0.25, 0.3) is 0 Å². The molecule has 0 amide bonds. The highest BCUT2D eigenvalue weighted by atomic mass is 19.1. The van der Waals surface area contributed by atoms with Gasteiger partial charge in [0, 0.05) is 18.5 Å². The van der Waals surface area contributed by atoms with Crippen molar-refractivity contribution >= 4 is 5.97 Å². The normalized spacial score (nSPS) is 17.6. The Morgan fingerprint density at radius 1 is 1.40 bits per heavy atom. The third-order valence-electron chi connectivity index (χ3n) is 3.70. The van der Waals surface area contributed by atoms with Crippen LogP contribution in [0.3, 0.4) is 0 Å². The van der Waals surface area contributed by atoms with Gasteiger partial charge in [-0.3, -0.25) is 4.79 Å². The lowest BCUT2D eigenvalue weighted by molar-refractivity contribution is -0.146. The molecule has 0 saturated heterocycles. The number of hydrogen-bond acceptors (Lipinski definition) is 3. The van der Waals surface area contributed by atoms with Crippen molar-refractivity contribution in [2.75, 3.05) is 7.11 Å². The standard InChI is InChI=1S/C15H15FN2O2/c1-20-15(19)11-7-8-18-12(9-11)17-13(14(18)16)10-5-3-2-4-6-10/h2-6,11H,7-9H2,1H3.